The van der Waals surface area contributed by atoms with Gasteiger partial charge >= 0.3 is 0 Å². The van der Waals surface area contributed by atoms with Crippen LogP contribution in [0.1, 0.15) is 55.5 Å². The highest BCUT2D eigenvalue weighted by atomic mass is 35.5. The molecule has 1 aliphatic heterocycles. The Balaban J connectivity index is 0.00000240. The van der Waals surface area contributed by atoms with Crippen LogP contribution in [0.15, 0.2) is 16.6 Å². The Morgan fingerprint density at radius 3 is 2.69 bits per heavy atom. The summed E-state index contributed by atoms with van der Waals surface area (Å²) in [6.07, 6.45) is 7.41. The van der Waals surface area contributed by atoms with E-state index in [1.807, 2.05) is 13.8 Å². The molecule has 1 amide bonds. The lowest BCUT2D eigenvalue weighted by molar-refractivity contribution is 0.0944. The van der Waals surface area contributed by atoms with Crippen molar-refractivity contribution < 1.29 is 9.90 Å². The Bertz CT molecular complexity index is 996. The van der Waals surface area contributed by atoms with E-state index in [4.69, 9.17) is 0 Å². The molecule has 0 unspecified atom stereocenters. The number of fused-ring (bicyclic) bond motifs is 1. The molecule has 0 bridgehead atoms. The molecule has 158 valence electrons. The largest absolute Gasteiger partial charge is 0.492 e. The topological polar surface area (TPSA) is 101 Å². The molecule has 0 aromatic carbocycles. The molecule has 1 saturated heterocycles. The predicted molar refractivity (Wildman–Crippen MR) is 114 cm³/mol. The maximum Gasteiger partial charge on any atom is 0.270 e. The Hall–Kier alpha value is -2.32. The van der Waals surface area contributed by atoms with E-state index >= 15 is 0 Å². The van der Waals surface area contributed by atoms with E-state index in [1.165, 1.54) is 10.1 Å². The number of hydrogen-bond acceptors (Lipinski definition) is 5. The lowest BCUT2D eigenvalue weighted by atomic mass is 10.0. The standard InChI is InChI=1S/C20H27N5O3.ClH/c1-12(2)11-24-18-14(9-13-5-7-21-8-6-13)10-22-25(18)20(28)16(19(24)27)17(26)23-15-3-4-15;/h9-10,12,15,21,28H,3-8,11H2,1-2H3,(H,23,26);1H. The number of halogens is 1. The monoisotopic (exact) mass is 421 g/mol. The normalized spacial score (nSPS) is 16.7. The summed E-state index contributed by atoms with van der Waals surface area (Å²) >= 11 is 0. The van der Waals surface area contributed by atoms with Gasteiger partial charge in [-0.25, -0.2) is 0 Å². The number of hydrogen-bond donors (Lipinski definition) is 3. The molecule has 1 aliphatic carbocycles. The fourth-order valence-electron chi connectivity index (χ4n) is 3.64. The molecule has 1 saturated carbocycles. The second-order valence-corrected chi connectivity index (χ2v) is 8.14. The minimum atomic E-state index is -0.529. The zero-order valence-corrected chi connectivity index (χ0v) is 17.6. The summed E-state index contributed by atoms with van der Waals surface area (Å²) in [6, 6.07) is 0.0957. The van der Waals surface area contributed by atoms with Gasteiger partial charge in [0, 0.05) is 18.2 Å². The molecule has 3 heterocycles. The molecule has 2 fully saturated rings. The van der Waals surface area contributed by atoms with Crippen LogP contribution < -0.4 is 16.2 Å². The van der Waals surface area contributed by atoms with Crippen LogP contribution in [-0.4, -0.2) is 44.3 Å². The fraction of sp³-hybridized carbons (Fsp3) is 0.550. The lowest BCUT2D eigenvalue weighted by Gasteiger charge is -2.17. The van der Waals surface area contributed by atoms with Crippen LogP contribution in [0.25, 0.3) is 11.7 Å². The molecule has 0 spiro atoms. The second-order valence-electron chi connectivity index (χ2n) is 8.14. The first-order valence-electron chi connectivity index (χ1n) is 10.00. The van der Waals surface area contributed by atoms with Crippen molar-refractivity contribution in [2.24, 2.45) is 5.92 Å². The van der Waals surface area contributed by atoms with Gasteiger partial charge in [0.1, 0.15) is 5.65 Å². The maximum absolute atomic E-state index is 13.2. The van der Waals surface area contributed by atoms with Gasteiger partial charge in [0.15, 0.2) is 5.56 Å². The summed E-state index contributed by atoms with van der Waals surface area (Å²) in [5, 5.41) is 21.1. The highest BCUT2D eigenvalue weighted by Gasteiger charge is 2.29. The number of nitrogens with zero attached hydrogens (tertiary/aromatic N) is 3. The van der Waals surface area contributed by atoms with E-state index < -0.39 is 17.3 Å². The van der Waals surface area contributed by atoms with E-state index in [0.717, 1.165) is 44.3 Å². The van der Waals surface area contributed by atoms with E-state index in [1.54, 1.807) is 10.8 Å². The molecule has 3 N–H and O–H groups in total. The number of carbonyl (C=O) groups is 1. The molecular weight excluding hydrogens is 394 g/mol. The lowest BCUT2D eigenvalue weighted by Crippen LogP contribution is -2.36. The number of amides is 1. The van der Waals surface area contributed by atoms with Crippen molar-refractivity contribution in [1.82, 2.24) is 24.8 Å². The Labute approximate surface area is 175 Å². The van der Waals surface area contributed by atoms with Gasteiger partial charge in [-0.15, -0.1) is 12.4 Å². The van der Waals surface area contributed by atoms with Crippen LogP contribution >= 0.6 is 12.4 Å². The maximum atomic E-state index is 13.2. The van der Waals surface area contributed by atoms with Gasteiger partial charge in [0.25, 0.3) is 11.5 Å². The van der Waals surface area contributed by atoms with E-state index in [9.17, 15) is 14.7 Å². The first-order valence-corrected chi connectivity index (χ1v) is 10.00. The van der Waals surface area contributed by atoms with Gasteiger partial charge in [0.2, 0.25) is 5.88 Å². The highest BCUT2D eigenvalue weighted by Crippen LogP contribution is 2.25. The van der Waals surface area contributed by atoms with Crippen LogP contribution in [0.3, 0.4) is 0 Å². The molecule has 2 aromatic heterocycles. The van der Waals surface area contributed by atoms with E-state index in [-0.39, 0.29) is 29.9 Å². The third-order valence-electron chi connectivity index (χ3n) is 5.20. The second kappa shape index (κ2) is 8.59. The minimum Gasteiger partial charge on any atom is -0.492 e. The molecule has 0 radical (unpaired) electrons. The fourth-order valence-corrected chi connectivity index (χ4v) is 3.64. The highest BCUT2D eigenvalue weighted by molar-refractivity contribution is 5.96. The van der Waals surface area contributed by atoms with Crippen molar-refractivity contribution in [3.63, 3.8) is 0 Å². The van der Waals surface area contributed by atoms with Crippen molar-refractivity contribution in [3.8, 4) is 5.88 Å². The molecule has 9 heteroatoms. The quantitative estimate of drug-likeness (QED) is 0.685. The van der Waals surface area contributed by atoms with Gasteiger partial charge < -0.3 is 15.7 Å². The summed E-state index contributed by atoms with van der Waals surface area (Å²) in [5.41, 5.74) is 1.91. The van der Waals surface area contributed by atoms with Gasteiger partial charge in [0.05, 0.1) is 6.20 Å². The summed E-state index contributed by atoms with van der Waals surface area (Å²) in [7, 11) is 0. The van der Waals surface area contributed by atoms with Crippen molar-refractivity contribution in [1.29, 1.82) is 0 Å². The molecule has 29 heavy (non-hydrogen) atoms. The number of piperidine rings is 1. The van der Waals surface area contributed by atoms with Crippen LogP contribution in [0, 0.1) is 5.92 Å². The average molecular weight is 422 g/mol. The van der Waals surface area contributed by atoms with E-state index in [0.29, 0.717) is 12.2 Å². The Morgan fingerprint density at radius 1 is 1.38 bits per heavy atom. The van der Waals surface area contributed by atoms with Crippen molar-refractivity contribution in [2.45, 2.75) is 52.1 Å². The molecule has 8 nitrogen and oxygen atoms in total. The summed E-state index contributed by atoms with van der Waals surface area (Å²) in [6.45, 7) is 6.33. The average Bonchev–Trinajstić information content (AvgIpc) is 3.37. The van der Waals surface area contributed by atoms with Gasteiger partial charge in [-0.1, -0.05) is 25.5 Å². The van der Waals surface area contributed by atoms with Gasteiger partial charge in [-0.3, -0.25) is 14.2 Å². The third kappa shape index (κ3) is 4.33. The smallest absolute Gasteiger partial charge is 0.270 e. The molecule has 4 rings (SSSR count). The van der Waals surface area contributed by atoms with Crippen molar-refractivity contribution in [2.75, 3.05) is 13.1 Å². The van der Waals surface area contributed by atoms with Crippen molar-refractivity contribution in [3.05, 3.63) is 33.3 Å². The molecule has 2 aromatic rings. The number of nitrogens with one attached hydrogen (secondary N) is 2. The minimum absolute atomic E-state index is 0. The number of rotatable bonds is 5. The number of aromatic hydroxyl groups is 1. The summed E-state index contributed by atoms with van der Waals surface area (Å²) in [4.78, 5) is 25.8. The Morgan fingerprint density at radius 2 is 2.07 bits per heavy atom. The Kier molecular flexibility index (Phi) is 6.33. The van der Waals surface area contributed by atoms with Gasteiger partial charge in [-0.05, 0) is 44.7 Å². The van der Waals surface area contributed by atoms with Crippen LogP contribution in [0.2, 0.25) is 0 Å². The number of carbonyl (C=O) groups excluding carboxylic acids is 1. The molecule has 2 aliphatic rings. The molecular formula is C20H28ClN5O3. The first kappa shape index (κ1) is 21.4. The first-order chi connectivity index (χ1) is 13.5. The summed E-state index contributed by atoms with van der Waals surface area (Å²) < 4.78 is 2.89. The number of aromatic nitrogens is 3. The zero-order chi connectivity index (χ0) is 19.8. The predicted octanol–water partition coefficient (Wildman–Crippen LogP) is 1.94. The summed E-state index contributed by atoms with van der Waals surface area (Å²) in [5.74, 6) is -0.731. The molecule has 0 atom stereocenters. The van der Waals surface area contributed by atoms with E-state index in [2.05, 4.69) is 21.8 Å². The zero-order valence-electron chi connectivity index (χ0n) is 16.8. The third-order valence-corrected chi connectivity index (χ3v) is 5.20. The SMILES string of the molecule is CC(C)Cn1c(=O)c(C(=O)NC2CC2)c(O)n2ncc(C=C3CCNCC3)c12.Cl. The van der Waals surface area contributed by atoms with Gasteiger partial charge in [-0.2, -0.15) is 9.61 Å². The van der Waals surface area contributed by atoms with Crippen LogP contribution in [0.5, 0.6) is 5.88 Å². The van der Waals surface area contributed by atoms with Crippen LogP contribution in [0.4, 0.5) is 0 Å². The van der Waals surface area contributed by atoms with Crippen LogP contribution in [-0.2, 0) is 6.54 Å². The van der Waals surface area contributed by atoms with Crippen molar-refractivity contribution >= 4 is 30.0 Å².